The summed E-state index contributed by atoms with van der Waals surface area (Å²) in [6.45, 7) is 0.640. The second-order valence-corrected chi connectivity index (χ2v) is 9.67. The highest BCUT2D eigenvalue weighted by molar-refractivity contribution is 9.10. The zero-order valence-corrected chi connectivity index (χ0v) is 17.0. The summed E-state index contributed by atoms with van der Waals surface area (Å²) in [6, 6.07) is 13.2. The van der Waals surface area contributed by atoms with Crippen molar-refractivity contribution in [3.63, 3.8) is 0 Å². The van der Waals surface area contributed by atoms with Crippen LogP contribution in [0.15, 0.2) is 53.0 Å². The maximum atomic E-state index is 13.9. The molecule has 1 saturated heterocycles. The molecule has 1 heterocycles. The maximum absolute atomic E-state index is 13.9. The minimum Gasteiger partial charge on any atom is -0.350 e. The van der Waals surface area contributed by atoms with E-state index in [9.17, 15) is 17.6 Å². The molecule has 27 heavy (non-hydrogen) atoms. The van der Waals surface area contributed by atoms with Crippen molar-refractivity contribution in [1.29, 1.82) is 0 Å². The second-order valence-electron chi connectivity index (χ2n) is 6.45. The van der Waals surface area contributed by atoms with Gasteiger partial charge < -0.3 is 5.32 Å². The zero-order valence-electron chi connectivity index (χ0n) is 14.6. The Bertz CT molecular complexity index is 908. The lowest BCUT2D eigenvalue weighted by atomic mass is 10.0. The van der Waals surface area contributed by atoms with E-state index >= 15 is 0 Å². The molecule has 0 bridgehead atoms. The van der Waals surface area contributed by atoms with Gasteiger partial charge in [-0.15, -0.1) is 0 Å². The zero-order chi connectivity index (χ0) is 19.4. The van der Waals surface area contributed by atoms with Crippen molar-refractivity contribution in [2.45, 2.75) is 12.6 Å². The van der Waals surface area contributed by atoms with Crippen molar-refractivity contribution in [3.8, 4) is 0 Å². The van der Waals surface area contributed by atoms with Gasteiger partial charge in [-0.2, -0.15) is 0 Å². The Hall–Kier alpha value is -1.77. The Morgan fingerprint density at radius 2 is 1.81 bits per heavy atom. The molecule has 1 aliphatic heterocycles. The van der Waals surface area contributed by atoms with Crippen LogP contribution in [-0.2, 0) is 21.2 Å². The molecule has 0 saturated carbocycles. The van der Waals surface area contributed by atoms with Crippen LogP contribution in [0.4, 0.5) is 4.39 Å². The highest BCUT2D eigenvalue weighted by Gasteiger charge is 2.32. The largest absolute Gasteiger partial charge is 0.350 e. The Kier molecular flexibility index (Phi) is 6.29. The lowest BCUT2D eigenvalue weighted by Gasteiger charge is -2.33. The number of nitrogens with zero attached hydrogens (tertiary/aromatic N) is 1. The third kappa shape index (κ3) is 5.15. The summed E-state index contributed by atoms with van der Waals surface area (Å²) in [4.78, 5) is 14.8. The fraction of sp³-hybridized carbons (Fsp3) is 0.316. The Labute approximate surface area is 166 Å². The minimum atomic E-state index is -3.05. The molecule has 2 aromatic rings. The molecular formula is C19H20BrFN2O3S. The van der Waals surface area contributed by atoms with Crippen LogP contribution in [0.1, 0.15) is 17.2 Å². The van der Waals surface area contributed by atoms with Gasteiger partial charge in [0.15, 0.2) is 9.84 Å². The van der Waals surface area contributed by atoms with Gasteiger partial charge in [-0.1, -0.05) is 46.3 Å². The van der Waals surface area contributed by atoms with Crippen LogP contribution in [-0.4, -0.2) is 43.8 Å². The molecule has 1 atom stereocenters. The smallest absolute Gasteiger partial charge is 0.242 e. The monoisotopic (exact) mass is 454 g/mol. The van der Waals surface area contributed by atoms with Gasteiger partial charge >= 0.3 is 0 Å². The lowest BCUT2D eigenvalue weighted by molar-refractivity contribution is -0.126. The van der Waals surface area contributed by atoms with Crippen LogP contribution in [0.25, 0.3) is 0 Å². The maximum Gasteiger partial charge on any atom is 0.242 e. The van der Waals surface area contributed by atoms with E-state index in [0.717, 1.165) is 10.0 Å². The second kappa shape index (κ2) is 8.50. The van der Waals surface area contributed by atoms with Gasteiger partial charge in [-0.05, 0) is 23.8 Å². The van der Waals surface area contributed by atoms with E-state index in [1.807, 2.05) is 35.2 Å². The minimum absolute atomic E-state index is 0.0316. The molecule has 1 unspecified atom stereocenters. The predicted octanol–water partition coefficient (Wildman–Crippen LogP) is 2.68. The quantitative estimate of drug-likeness (QED) is 0.753. The molecule has 0 spiro atoms. The fourth-order valence-electron chi connectivity index (χ4n) is 3.11. The topological polar surface area (TPSA) is 66.5 Å². The Morgan fingerprint density at radius 3 is 2.48 bits per heavy atom. The third-order valence-electron chi connectivity index (χ3n) is 4.57. The first-order valence-corrected chi connectivity index (χ1v) is 11.2. The van der Waals surface area contributed by atoms with Gasteiger partial charge in [0.25, 0.3) is 0 Å². The summed E-state index contributed by atoms with van der Waals surface area (Å²) in [5.74, 6) is -0.605. The van der Waals surface area contributed by atoms with E-state index in [-0.39, 0.29) is 29.8 Å². The van der Waals surface area contributed by atoms with E-state index in [2.05, 4.69) is 21.2 Å². The van der Waals surface area contributed by atoms with Crippen molar-refractivity contribution in [1.82, 2.24) is 10.2 Å². The van der Waals surface area contributed by atoms with E-state index in [0.29, 0.717) is 18.7 Å². The number of nitrogens with one attached hydrogen (secondary N) is 1. The van der Waals surface area contributed by atoms with Crippen LogP contribution in [0, 0.1) is 5.82 Å². The number of rotatable bonds is 5. The summed E-state index contributed by atoms with van der Waals surface area (Å²) < 4.78 is 38.1. The predicted molar refractivity (Wildman–Crippen MR) is 105 cm³/mol. The SMILES string of the molecule is O=C(NCc1cc(Br)ccc1F)C(c1ccccc1)N1CCS(=O)(=O)CC1. The highest BCUT2D eigenvalue weighted by Crippen LogP contribution is 2.24. The molecule has 144 valence electrons. The average Bonchev–Trinajstić information content (AvgIpc) is 2.65. The van der Waals surface area contributed by atoms with Crippen molar-refractivity contribution < 1.29 is 17.6 Å². The number of carbonyl (C=O) groups excluding carboxylic acids is 1. The number of benzene rings is 2. The van der Waals surface area contributed by atoms with Gasteiger partial charge in [0.2, 0.25) is 5.91 Å². The van der Waals surface area contributed by atoms with Crippen molar-refractivity contribution in [2.24, 2.45) is 0 Å². The molecular weight excluding hydrogens is 435 g/mol. The number of carbonyl (C=O) groups is 1. The molecule has 1 amide bonds. The van der Waals surface area contributed by atoms with Gasteiger partial charge in [-0.25, -0.2) is 12.8 Å². The molecule has 0 aromatic heterocycles. The summed E-state index contributed by atoms with van der Waals surface area (Å²) in [6.07, 6.45) is 0. The number of amides is 1. The summed E-state index contributed by atoms with van der Waals surface area (Å²) in [7, 11) is -3.05. The van der Waals surface area contributed by atoms with E-state index in [1.54, 1.807) is 12.1 Å². The first-order chi connectivity index (χ1) is 12.9. The number of halogens is 2. The highest BCUT2D eigenvalue weighted by atomic mass is 79.9. The fourth-order valence-corrected chi connectivity index (χ4v) is 4.74. The summed E-state index contributed by atoms with van der Waals surface area (Å²) >= 11 is 3.30. The summed E-state index contributed by atoms with van der Waals surface area (Å²) in [5, 5.41) is 2.79. The first kappa shape index (κ1) is 20.0. The van der Waals surface area contributed by atoms with Crippen LogP contribution in [0.5, 0.6) is 0 Å². The molecule has 1 fully saturated rings. The van der Waals surface area contributed by atoms with Gasteiger partial charge in [0.05, 0.1) is 11.5 Å². The van der Waals surface area contributed by atoms with Crippen molar-refractivity contribution in [2.75, 3.05) is 24.6 Å². The van der Waals surface area contributed by atoms with Crippen molar-refractivity contribution >= 4 is 31.7 Å². The molecule has 3 rings (SSSR count). The van der Waals surface area contributed by atoms with E-state index in [1.165, 1.54) is 6.07 Å². The summed E-state index contributed by atoms with van der Waals surface area (Å²) in [5.41, 5.74) is 1.16. The molecule has 5 nitrogen and oxygen atoms in total. The number of hydrogen-bond acceptors (Lipinski definition) is 4. The van der Waals surface area contributed by atoms with Gasteiger partial charge in [0.1, 0.15) is 11.9 Å². The molecule has 1 aliphatic rings. The standard InChI is InChI=1S/C19H20BrFN2O3S/c20-16-6-7-17(21)15(12-16)13-22-19(24)18(14-4-2-1-3-5-14)23-8-10-27(25,26)11-9-23/h1-7,12,18H,8-11,13H2,(H,22,24). The molecule has 2 aromatic carbocycles. The number of hydrogen-bond donors (Lipinski definition) is 1. The number of sulfone groups is 1. The third-order valence-corrected chi connectivity index (χ3v) is 6.67. The Balaban J connectivity index is 1.78. The van der Waals surface area contributed by atoms with Crippen LogP contribution in [0.3, 0.4) is 0 Å². The van der Waals surface area contributed by atoms with Gasteiger partial charge in [0, 0.05) is 29.7 Å². The van der Waals surface area contributed by atoms with E-state index < -0.39 is 15.9 Å². The molecule has 1 N–H and O–H groups in total. The molecule has 0 radical (unpaired) electrons. The van der Waals surface area contributed by atoms with Crippen LogP contribution in [0.2, 0.25) is 0 Å². The Morgan fingerprint density at radius 1 is 1.15 bits per heavy atom. The van der Waals surface area contributed by atoms with Crippen LogP contribution < -0.4 is 5.32 Å². The van der Waals surface area contributed by atoms with Crippen LogP contribution >= 0.6 is 15.9 Å². The van der Waals surface area contributed by atoms with Gasteiger partial charge in [-0.3, -0.25) is 9.69 Å². The normalized spacial score (nSPS) is 18.0. The first-order valence-electron chi connectivity index (χ1n) is 8.57. The van der Waals surface area contributed by atoms with E-state index in [4.69, 9.17) is 0 Å². The lowest BCUT2D eigenvalue weighted by Crippen LogP contribution is -2.47. The molecule has 8 heteroatoms. The average molecular weight is 455 g/mol. The molecule has 0 aliphatic carbocycles. The van der Waals surface area contributed by atoms with Crippen molar-refractivity contribution in [3.05, 3.63) is 69.9 Å².